The molecule has 8 heteroatoms. The van der Waals surface area contributed by atoms with Gasteiger partial charge in [0.05, 0.1) is 5.52 Å². The zero-order chi connectivity index (χ0) is 26.5. The molecule has 190 valence electrons. The van der Waals surface area contributed by atoms with E-state index < -0.39 is 17.7 Å². The van der Waals surface area contributed by atoms with E-state index in [0.29, 0.717) is 16.9 Å². The molecular formula is C29H29BrN4O3. The second-order valence-electron chi connectivity index (χ2n) is 9.04. The van der Waals surface area contributed by atoms with Crippen LogP contribution >= 0.6 is 15.9 Å². The van der Waals surface area contributed by atoms with Gasteiger partial charge in [-0.25, -0.2) is 4.68 Å². The number of nitrogens with one attached hydrogen (secondary N) is 3. The van der Waals surface area contributed by atoms with Gasteiger partial charge in [-0.05, 0) is 80.3 Å². The van der Waals surface area contributed by atoms with E-state index in [2.05, 4.69) is 38.9 Å². The minimum Gasteiger partial charge on any atom is -0.320 e. The quantitative estimate of drug-likeness (QED) is 0.231. The Balaban J connectivity index is 1.56. The third kappa shape index (κ3) is 6.27. The van der Waals surface area contributed by atoms with Gasteiger partial charge < -0.3 is 10.6 Å². The van der Waals surface area contributed by atoms with E-state index in [1.807, 2.05) is 50.2 Å². The number of carbonyl (C=O) groups excluding carboxylic acids is 3. The third-order valence-corrected chi connectivity index (χ3v) is 6.57. The van der Waals surface area contributed by atoms with Crippen LogP contribution in [-0.2, 0) is 16.0 Å². The molecule has 4 aromatic rings. The number of unbranched alkanes of at least 4 members (excludes halogenated alkanes) is 1. The van der Waals surface area contributed by atoms with Crippen LogP contribution in [0.2, 0.25) is 0 Å². The summed E-state index contributed by atoms with van der Waals surface area (Å²) in [6.07, 6.45) is 3.16. The molecule has 1 heterocycles. The molecular weight excluding hydrogens is 532 g/mol. The number of hydrogen-bond acceptors (Lipinski definition) is 3. The lowest BCUT2D eigenvalue weighted by Crippen LogP contribution is -2.36. The van der Waals surface area contributed by atoms with Crippen LogP contribution in [0.5, 0.6) is 0 Å². The summed E-state index contributed by atoms with van der Waals surface area (Å²) in [4.78, 5) is 38.8. The Labute approximate surface area is 224 Å². The average molecular weight is 561 g/mol. The first-order chi connectivity index (χ1) is 17.7. The van der Waals surface area contributed by atoms with Crippen LogP contribution < -0.4 is 16.1 Å². The van der Waals surface area contributed by atoms with Gasteiger partial charge in [-0.1, -0.05) is 59.1 Å². The van der Waals surface area contributed by atoms with Crippen LogP contribution in [0.4, 0.5) is 11.4 Å². The number of rotatable bonds is 7. The number of carbonyl (C=O) groups is 3. The number of anilines is 2. The van der Waals surface area contributed by atoms with Crippen molar-refractivity contribution in [2.24, 2.45) is 0 Å². The number of amides is 3. The maximum atomic E-state index is 13.3. The van der Waals surface area contributed by atoms with Crippen molar-refractivity contribution in [3.63, 3.8) is 0 Å². The van der Waals surface area contributed by atoms with Crippen LogP contribution in [0.1, 0.15) is 46.9 Å². The molecule has 0 aliphatic rings. The minimum atomic E-state index is -0.893. The summed E-state index contributed by atoms with van der Waals surface area (Å²) in [5, 5.41) is 6.26. The predicted molar refractivity (Wildman–Crippen MR) is 152 cm³/mol. The van der Waals surface area contributed by atoms with Crippen molar-refractivity contribution < 1.29 is 14.4 Å². The molecule has 0 saturated heterocycles. The summed E-state index contributed by atoms with van der Waals surface area (Å²) in [6.45, 7) is 6.03. The van der Waals surface area contributed by atoms with Crippen LogP contribution in [0.3, 0.4) is 0 Å². The highest BCUT2D eigenvalue weighted by atomic mass is 79.9. The lowest BCUT2D eigenvalue weighted by atomic mass is 10.1. The zero-order valence-electron chi connectivity index (χ0n) is 21.0. The van der Waals surface area contributed by atoms with E-state index in [1.54, 1.807) is 30.3 Å². The molecule has 3 N–H and O–H groups in total. The Morgan fingerprint density at radius 2 is 1.62 bits per heavy atom. The number of halogens is 1. The fraction of sp³-hybridized carbons (Fsp3) is 0.207. The van der Waals surface area contributed by atoms with Crippen molar-refractivity contribution in [1.29, 1.82) is 0 Å². The first-order valence-corrected chi connectivity index (χ1v) is 13.0. The summed E-state index contributed by atoms with van der Waals surface area (Å²) < 4.78 is 2.17. The van der Waals surface area contributed by atoms with E-state index in [0.717, 1.165) is 40.2 Å². The lowest BCUT2D eigenvalue weighted by molar-refractivity contribution is -0.133. The molecule has 7 nitrogen and oxygen atoms in total. The van der Waals surface area contributed by atoms with Gasteiger partial charge in [0, 0.05) is 21.2 Å². The van der Waals surface area contributed by atoms with Crippen molar-refractivity contribution in [3.05, 3.63) is 93.6 Å². The Bertz CT molecular complexity index is 1470. The van der Waals surface area contributed by atoms with Crippen LogP contribution in [0.25, 0.3) is 10.9 Å². The molecule has 1 aromatic heterocycles. The SMILES string of the molecule is CCCCc1ccc(NC(=O)C(=O)Nn2c(C(=O)Nc3ccc(C)cc3C)cc3cc(Br)ccc32)cc1. The molecule has 0 aliphatic carbocycles. The van der Waals surface area contributed by atoms with Gasteiger partial charge in [0.2, 0.25) is 0 Å². The largest absolute Gasteiger partial charge is 0.328 e. The van der Waals surface area contributed by atoms with E-state index in [-0.39, 0.29) is 5.69 Å². The second-order valence-corrected chi connectivity index (χ2v) is 9.95. The van der Waals surface area contributed by atoms with E-state index in [1.165, 1.54) is 10.2 Å². The Morgan fingerprint density at radius 3 is 2.32 bits per heavy atom. The maximum Gasteiger partial charge on any atom is 0.328 e. The summed E-state index contributed by atoms with van der Waals surface area (Å²) in [5.74, 6) is -2.14. The molecule has 3 aromatic carbocycles. The molecule has 0 aliphatic heterocycles. The maximum absolute atomic E-state index is 13.3. The van der Waals surface area contributed by atoms with Crippen molar-refractivity contribution in [1.82, 2.24) is 4.68 Å². The minimum absolute atomic E-state index is 0.189. The fourth-order valence-corrected chi connectivity index (χ4v) is 4.47. The first kappa shape index (κ1) is 26.2. The molecule has 0 radical (unpaired) electrons. The van der Waals surface area contributed by atoms with Gasteiger partial charge >= 0.3 is 11.8 Å². The van der Waals surface area contributed by atoms with Gasteiger partial charge in [-0.2, -0.15) is 0 Å². The Morgan fingerprint density at radius 1 is 0.865 bits per heavy atom. The molecule has 0 atom stereocenters. The summed E-state index contributed by atoms with van der Waals surface area (Å²) in [7, 11) is 0. The summed E-state index contributed by atoms with van der Waals surface area (Å²) in [5.41, 5.74) is 7.73. The number of fused-ring (bicyclic) bond motifs is 1. The molecule has 0 saturated carbocycles. The number of nitrogens with zero attached hydrogens (tertiary/aromatic N) is 1. The van der Waals surface area contributed by atoms with Crippen molar-refractivity contribution in [3.8, 4) is 0 Å². The molecule has 37 heavy (non-hydrogen) atoms. The highest BCUT2D eigenvalue weighted by Gasteiger charge is 2.21. The molecule has 0 unspecified atom stereocenters. The predicted octanol–water partition coefficient (Wildman–Crippen LogP) is 6.32. The number of hydrogen-bond donors (Lipinski definition) is 3. The van der Waals surface area contributed by atoms with Gasteiger partial charge in [0.15, 0.2) is 0 Å². The molecule has 0 bridgehead atoms. The van der Waals surface area contributed by atoms with Gasteiger partial charge in [0.25, 0.3) is 5.91 Å². The third-order valence-electron chi connectivity index (χ3n) is 6.08. The topological polar surface area (TPSA) is 92.2 Å². The van der Waals surface area contributed by atoms with E-state index >= 15 is 0 Å². The van der Waals surface area contributed by atoms with E-state index in [9.17, 15) is 14.4 Å². The number of aryl methyl sites for hydroxylation is 3. The smallest absolute Gasteiger partial charge is 0.320 e. The monoisotopic (exact) mass is 560 g/mol. The highest BCUT2D eigenvalue weighted by Crippen LogP contribution is 2.25. The van der Waals surface area contributed by atoms with E-state index in [4.69, 9.17) is 0 Å². The van der Waals surface area contributed by atoms with Gasteiger partial charge in [-0.3, -0.25) is 19.8 Å². The molecule has 0 fully saturated rings. The Kier molecular flexibility index (Phi) is 8.08. The molecule has 4 rings (SSSR count). The van der Waals surface area contributed by atoms with Crippen LogP contribution in [-0.4, -0.2) is 22.4 Å². The van der Waals surface area contributed by atoms with Crippen LogP contribution in [0, 0.1) is 13.8 Å². The van der Waals surface area contributed by atoms with Gasteiger partial charge in [-0.15, -0.1) is 0 Å². The normalized spacial score (nSPS) is 10.8. The summed E-state index contributed by atoms with van der Waals surface area (Å²) in [6, 6.07) is 20.2. The standard InChI is InChI=1S/C29H29BrN4O3/c1-4-5-6-20-8-11-23(12-9-20)31-28(36)29(37)33-34-25-14-10-22(30)16-21(25)17-26(34)27(35)32-24-13-7-18(2)15-19(24)3/h7-17H,4-6H2,1-3H3,(H,31,36)(H,32,35)(H,33,37). The fourth-order valence-electron chi connectivity index (χ4n) is 4.09. The number of aromatic nitrogens is 1. The zero-order valence-corrected chi connectivity index (χ0v) is 22.6. The van der Waals surface area contributed by atoms with Crippen molar-refractivity contribution >= 4 is 55.9 Å². The van der Waals surface area contributed by atoms with Gasteiger partial charge in [0.1, 0.15) is 5.69 Å². The van der Waals surface area contributed by atoms with Crippen molar-refractivity contribution in [2.75, 3.05) is 16.1 Å². The first-order valence-electron chi connectivity index (χ1n) is 12.2. The van der Waals surface area contributed by atoms with Crippen molar-refractivity contribution in [2.45, 2.75) is 40.0 Å². The molecule has 3 amide bonds. The second kappa shape index (κ2) is 11.4. The number of benzene rings is 3. The van der Waals surface area contributed by atoms with Crippen LogP contribution in [0.15, 0.2) is 71.2 Å². The lowest BCUT2D eigenvalue weighted by Gasteiger charge is -2.14. The highest BCUT2D eigenvalue weighted by molar-refractivity contribution is 9.10. The summed E-state index contributed by atoms with van der Waals surface area (Å²) >= 11 is 3.44. The average Bonchev–Trinajstić information content (AvgIpc) is 3.22. The Hall–Kier alpha value is -3.91. The molecule has 0 spiro atoms.